The van der Waals surface area contributed by atoms with E-state index in [0.29, 0.717) is 5.69 Å². The number of hydrogen-bond donors (Lipinski definition) is 2. The van der Waals surface area contributed by atoms with Crippen molar-refractivity contribution in [2.24, 2.45) is 0 Å². The van der Waals surface area contributed by atoms with Crippen molar-refractivity contribution in [1.82, 2.24) is 0 Å². The van der Waals surface area contributed by atoms with Gasteiger partial charge in [0.2, 0.25) is 5.91 Å². The lowest BCUT2D eigenvalue weighted by molar-refractivity contribution is -0.114. The van der Waals surface area contributed by atoms with E-state index in [4.69, 9.17) is 5.73 Å². The molecule has 5 heteroatoms. The predicted molar refractivity (Wildman–Crippen MR) is 70.6 cm³/mol. The number of rotatable bonds is 1. The SMILES string of the molecule is CC(=O)Nc1cc(N)c(I)cc1I. The van der Waals surface area contributed by atoms with Gasteiger partial charge in [0.05, 0.1) is 5.69 Å². The fourth-order valence-corrected chi connectivity index (χ4v) is 2.52. The van der Waals surface area contributed by atoms with Crippen LogP contribution in [0.25, 0.3) is 0 Å². The zero-order valence-corrected chi connectivity index (χ0v) is 11.2. The summed E-state index contributed by atoms with van der Waals surface area (Å²) in [6.45, 7) is 1.48. The summed E-state index contributed by atoms with van der Waals surface area (Å²) in [7, 11) is 0. The molecular formula is C8H8I2N2O. The molecule has 3 N–H and O–H groups in total. The lowest BCUT2D eigenvalue weighted by Crippen LogP contribution is -2.08. The number of hydrogen-bond acceptors (Lipinski definition) is 2. The van der Waals surface area contributed by atoms with Crippen LogP contribution in [0.5, 0.6) is 0 Å². The standard InChI is InChI=1S/C8H8I2N2O/c1-4(13)12-8-3-7(11)5(9)2-6(8)10/h2-3H,11H2,1H3,(H,12,13). The first kappa shape index (κ1) is 11.0. The number of halogens is 2. The third-order valence-electron chi connectivity index (χ3n) is 1.40. The Morgan fingerprint density at radius 2 is 2.00 bits per heavy atom. The van der Waals surface area contributed by atoms with Crippen LogP contribution in [-0.2, 0) is 4.79 Å². The lowest BCUT2D eigenvalue weighted by Gasteiger charge is -2.07. The van der Waals surface area contributed by atoms with Crippen LogP contribution in [-0.4, -0.2) is 5.91 Å². The average molecular weight is 402 g/mol. The molecule has 0 atom stereocenters. The molecule has 0 aliphatic heterocycles. The molecule has 0 unspecified atom stereocenters. The van der Waals surface area contributed by atoms with Gasteiger partial charge in [0, 0.05) is 19.8 Å². The fourth-order valence-electron chi connectivity index (χ4n) is 0.851. The molecule has 0 saturated heterocycles. The highest BCUT2D eigenvalue weighted by Crippen LogP contribution is 2.25. The van der Waals surface area contributed by atoms with Crippen molar-refractivity contribution < 1.29 is 4.79 Å². The van der Waals surface area contributed by atoms with Crippen LogP contribution in [0.2, 0.25) is 0 Å². The molecule has 1 rings (SSSR count). The predicted octanol–water partition coefficient (Wildman–Crippen LogP) is 2.44. The smallest absolute Gasteiger partial charge is 0.221 e. The largest absolute Gasteiger partial charge is 0.398 e. The van der Waals surface area contributed by atoms with Crippen LogP contribution in [0.3, 0.4) is 0 Å². The highest BCUT2D eigenvalue weighted by molar-refractivity contribution is 14.1. The first-order valence-electron chi connectivity index (χ1n) is 3.53. The molecule has 0 spiro atoms. The normalized spacial score (nSPS) is 9.77. The molecule has 0 saturated carbocycles. The van der Waals surface area contributed by atoms with E-state index in [0.717, 1.165) is 12.8 Å². The molecule has 0 aliphatic carbocycles. The maximum absolute atomic E-state index is 10.8. The zero-order valence-electron chi connectivity index (χ0n) is 6.90. The van der Waals surface area contributed by atoms with Gasteiger partial charge in [-0.3, -0.25) is 4.79 Å². The Morgan fingerprint density at radius 1 is 1.38 bits per heavy atom. The molecule has 70 valence electrons. The van der Waals surface area contributed by atoms with Crippen molar-refractivity contribution in [3.8, 4) is 0 Å². The first-order valence-corrected chi connectivity index (χ1v) is 5.68. The van der Waals surface area contributed by atoms with E-state index in [1.165, 1.54) is 6.92 Å². The molecule has 1 aromatic carbocycles. The molecule has 3 nitrogen and oxygen atoms in total. The van der Waals surface area contributed by atoms with Gasteiger partial charge in [-0.2, -0.15) is 0 Å². The number of carbonyl (C=O) groups excluding carboxylic acids is 1. The number of nitrogens with one attached hydrogen (secondary N) is 1. The Bertz CT molecular complexity index is 352. The quantitative estimate of drug-likeness (QED) is 0.561. The molecule has 0 radical (unpaired) electrons. The van der Waals surface area contributed by atoms with Crippen LogP contribution in [0, 0.1) is 7.14 Å². The summed E-state index contributed by atoms with van der Waals surface area (Å²) in [5.41, 5.74) is 7.16. The Hall–Kier alpha value is -0.0500. The van der Waals surface area contributed by atoms with Gasteiger partial charge < -0.3 is 11.1 Å². The Balaban J connectivity index is 3.08. The third-order valence-corrected chi connectivity index (χ3v) is 3.22. The van der Waals surface area contributed by atoms with Crippen LogP contribution >= 0.6 is 45.2 Å². The van der Waals surface area contributed by atoms with Crippen molar-refractivity contribution in [2.45, 2.75) is 6.92 Å². The molecule has 0 aliphatic rings. The Kier molecular flexibility index (Phi) is 3.77. The summed E-state index contributed by atoms with van der Waals surface area (Å²) >= 11 is 4.32. The fraction of sp³-hybridized carbons (Fsp3) is 0.125. The highest BCUT2D eigenvalue weighted by Gasteiger charge is 2.04. The maximum atomic E-state index is 10.8. The maximum Gasteiger partial charge on any atom is 0.221 e. The summed E-state index contributed by atoms with van der Waals surface area (Å²) in [4.78, 5) is 10.8. The number of amides is 1. The summed E-state index contributed by atoms with van der Waals surface area (Å²) in [6, 6.07) is 3.70. The minimum Gasteiger partial charge on any atom is -0.398 e. The molecular weight excluding hydrogens is 394 g/mol. The van der Waals surface area contributed by atoms with E-state index >= 15 is 0 Å². The van der Waals surface area contributed by atoms with Gasteiger partial charge in [-0.25, -0.2) is 0 Å². The van der Waals surface area contributed by atoms with E-state index in [2.05, 4.69) is 50.5 Å². The number of nitrogens with two attached hydrogens (primary N) is 1. The summed E-state index contributed by atoms with van der Waals surface area (Å²) in [5.74, 6) is -0.0847. The van der Waals surface area contributed by atoms with Crippen LogP contribution in [0.1, 0.15) is 6.92 Å². The van der Waals surface area contributed by atoms with E-state index in [9.17, 15) is 4.79 Å². The van der Waals surface area contributed by atoms with E-state index in [1.54, 1.807) is 6.07 Å². The number of benzene rings is 1. The van der Waals surface area contributed by atoms with Gasteiger partial charge in [0.15, 0.2) is 0 Å². The van der Waals surface area contributed by atoms with E-state index in [1.807, 2.05) is 6.07 Å². The minimum atomic E-state index is -0.0847. The molecule has 0 aromatic heterocycles. The molecule has 0 heterocycles. The topological polar surface area (TPSA) is 55.1 Å². The molecule has 1 amide bonds. The molecule has 13 heavy (non-hydrogen) atoms. The van der Waals surface area contributed by atoms with E-state index in [-0.39, 0.29) is 5.91 Å². The Morgan fingerprint density at radius 3 is 2.54 bits per heavy atom. The summed E-state index contributed by atoms with van der Waals surface area (Å²) < 4.78 is 1.99. The Labute approximate surface area is 104 Å². The summed E-state index contributed by atoms with van der Waals surface area (Å²) in [5, 5.41) is 2.71. The van der Waals surface area contributed by atoms with Gasteiger partial charge in [-0.15, -0.1) is 0 Å². The minimum absolute atomic E-state index is 0.0847. The van der Waals surface area contributed by atoms with Crippen LogP contribution < -0.4 is 11.1 Å². The lowest BCUT2D eigenvalue weighted by atomic mass is 10.3. The third kappa shape index (κ3) is 2.97. The second-order valence-electron chi connectivity index (χ2n) is 2.53. The monoisotopic (exact) mass is 402 g/mol. The van der Waals surface area contributed by atoms with Crippen molar-refractivity contribution >= 4 is 62.5 Å². The van der Waals surface area contributed by atoms with Gasteiger partial charge in [-0.05, 0) is 57.3 Å². The molecule has 0 fully saturated rings. The van der Waals surface area contributed by atoms with Crippen molar-refractivity contribution in [3.63, 3.8) is 0 Å². The second-order valence-corrected chi connectivity index (χ2v) is 4.86. The highest BCUT2D eigenvalue weighted by atomic mass is 127. The summed E-state index contributed by atoms with van der Waals surface area (Å²) in [6.07, 6.45) is 0. The van der Waals surface area contributed by atoms with Gasteiger partial charge in [0.1, 0.15) is 0 Å². The van der Waals surface area contributed by atoms with Crippen molar-refractivity contribution in [1.29, 1.82) is 0 Å². The van der Waals surface area contributed by atoms with Crippen molar-refractivity contribution in [3.05, 3.63) is 19.3 Å². The van der Waals surface area contributed by atoms with Crippen LogP contribution in [0.15, 0.2) is 12.1 Å². The van der Waals surface area contributed by atoms with Gasteiger partial charge in [0.25, 0.3) is 0 Å². The number of nitrogen functional groups attached to an aromatic ring is 1. The second kappa shape index (κ2) is 4.45. The molecule has 1 aromatic rings. The van der Waals surface area contributed by atoms with Crippen molar-refractivity contribution in [2.75, 3.05) is 11.1 Å². The van der Waals surface area contributed by atoms with Gasteiger partial charge in [-0.1, -0.05) is 0 Å². The van der Waals surface area contributed by atoms with Crippen LogP contribution in [0.4, 0.5) is 11.4 Å². The number of carbonyl (C=O) groups is 1. The molecule has 0 bridgehead atoms. The zero-order chi connectivity index (χ0) is 10.0. The number of anilines is 2. The first-order chi connectivity index (χ1) is 6.00. The van der Waals surface area contributed by atoms with Gasteiger partial charge >= 0.3 is 0 Å². The van der Waals surface area contributed by atoms with E-state index < -0.39 is 0 Å². The average Bonchev–Trinajstić information content (AvgIpc) is 1.99.